The van der Waals surface area contributed by atoms with Gasteiger partial charge in [-0.25, -0.2) is 0 Å². The highest BCUT2D eigenvalue weighted by atomic mass is 35.5. The molecule has 2 N–H and O–H groups in total. The van der Waals surface area contributed by atoms with Gasteiger partial charge < -0.3 is 5.73 Å². The first-order chi connectivity index (χ1) is 8.11. The highest BCUT2D eigenvalue weighted by Gasteiger charge is 2.06. The molecule has 3 heteroatoms. The van der Waals surface area contributed by atoms with Gasteiger partial charge in [0.2, 0.25) is 0 Å². The number of hydrogen-bond acceptors (Lipinski definition) is 2. The van der Waals surface area contributed by atoms with Crippen molar-refractivity contribution < 1.29 is 0 Å². The Morgan fingerprint density at radius 1 is 1.18 bits per heavy atom. The second kappa shape index (κ2) is 5.03. The van der Waals surface area contributed by atoms with Crippen LogP contribution in [0.15, 0.2) is 18.2 Å². The first kappa shape index (κ1) is 12.3. The molecule has 0 atom stereocenters. The van der Waals surface area contributed by atoms with Gasteiger partial charge in [-0.05, 0) is 62.6 Å². The molecule has 0 unspecified atom stereocenters. The molecule has 2 nitrogen and oxygen atoms in total. The third kappa shape index (κ3) is 2.59. The Morgan fingerprint density at radius 3 is 2.65 bits per heavy atom. The first-order valence-corrected chi connectivity index (χ1v) is 6.26. The molecule has 1 heterocycles. The molecule has 2 aromatic rings. The molecule has 90 valence electrons. The van der Waals surface area contributed by atoms with Gasteiger partial charge in [-0.3, -0.25) is 4.98 Å². The molecule has 0 aliphatic rings. The van der Waals surface area contributed by atoms with E-state index in [-0.39, 0.29) is 0 Å². The summed E-state index contributed by atoms with van der Waals surface area (Å²) >= 11 is 6.08. The van der Waals surface area contributed by atoms with Gasteiger partial charge in [-0.2, -0.15) is 0 Å². The van der Waals surface area contributed by atoms with Crippen molar-refractivity contribution in [1.29, 1.82) is 0 Å². The summed E-state index contributed by atoms with van der Waals surface area (Å²) in [4.78, 5) is 4.70. The third-order valence-corrected chi connectivity index (χ3v) is 3.18. The van der Waals surface area contributed by atoms with E-state index in [1.54, 1.807) is 0 Å². The van der Waals surface area contributed by atoms with Crippen LogP contribution < -0.4 is 5.73 Å². The minimum atomic E-state index is 0.707. The Labute approximate surface area is 107 Å². The number of pyridine rings is 1. The summed E-state index contributed by atoms with van der Waals surface area (Å²) in [5.74, 6) is 0. The number of hydrogen-bond donors (Lipinski definition) is 1. The van der Waals surface area contributed by atoms with Crippen LogP contribution >= 0.6 is 11.6 Å². The zero-order chi connectivity index (χ0) is 12.4. The zero-order valence-electron chi connectivity index (χ0n) is 10.3. The topological polar surface area (TPSA) is 38.9 Å². The van der Waals surface area contributed by atoms with Crippen LogP contribution in [0.2, 0.25) is 5.02 Å². The molecule has 0 aliphatic carbocycles. The largest absolute Gasteiger partial charge is 0.330 e. The minimum Gasteiger partial charge on any atom is -0.330 e. The van der Waals surface area contributed by atoms with Gasteiger partial charge in [0, 0.05) is 16.1 Å². The zero-order valence-corrected chi connectivity index (χ0v) is 11.0. The van der Waals surface area contributed by atoms with E-state index < -0.39 is 0 Å². The van der Waals surface area contributed by atoms with Gasteiger partial charge >= 0.3 is 0 Å². The number of halogens is 1. The lowest BCUT2D eigenvalue weighted by Crippen LogP contribution is -2.02. The van der Waals surface area contributed by atoms with Gasteiger partial charge in [0.1, 0.15) is 0 Å². The number of nitrogens with zero attached hydrogens (tertiary/aromatic N) is 1. The van der Waals surface area contributed by atoms with Crippen molar-refractivity contribution in [1.82, 2.24) is 4.98 Å². The summed E-state index contributed by atoms with van der Waals surface area (Å²) in [6.45, 7) is 4.86. The summed E-state index contributed by atoms with van der Waals surface area (Å²) in [6.07, 6.45) is 1.92. The van der Waals surface area contributed by atoms with Crippen molar-refractivity contribution >= 4 is 22.5 Å². The summed E-state index contributed by atoms with van der Waals surface area (Å²) in [7, 11) is 0. The highest BCUT2D eigenvalue weighted by Crippen LogP contribution is 2.25. The van der Waals surface area contributed by atoms with Crippen LogP contribution in [-0.2, 0) is 6.42 Å². The summed E-state index contributed by atoms with van der Waals surface area (Å²) in [5, 5.41) is 1.92. The second-order valence-corrected chi connectivity index (χ2v) is 4.88. The molecule has 17 heavy (non-hydrogen) atoms. The monoisotopic (exact) mass is 248 g/mol. The van der Waals surface area contributed by atoms with E-state index in [1.807, 2.05) is 19.1 Å². The molecule has 0 spiro atoms. The van der Waals surface area contributed by atoms with Gasteiger partial charge in [0.15, 0.2) is 0 Å². The van der Waals surface area contributed by atoms with Crippen LogP contribution in [-0.4, -0.2) is 11.5 Å². The van der Waals surface area contributed by atoms with Crippen LogP contribution in [0.5, 0.6) is 0 Å². The lowest BCUT2D eigenvalue weighted by atomic mass is 10.0. The van der Waals surface area contributed by atoms with Gasteiger partial charge in [-0.15, -0.1) is 0 Å². The van der Waals surface area contributed by atoms with E-state index in [2.05, 4.69) is 13.0 Å². The molecule has 2 rings (SSSR count). The molecule has 0 saturated heterocycles. The smallest absolute Gasteiger partial charge is 0.0738 e. The predicted octanol–water partition coefficient (Wildman–Crippen LogP) is 3.40. The van der Waals surface area contributed by atoms with E-state index >= 15 is 0 Å². The molecule has 0 bridgehead atoms. The molecule has 0 radical (unpaired) electrons. The van der Waals surface area contributed by atoms with Crippen LogP contribution in [0.3, 0.4) is 0 Å². The van der Waals surface area contributed by atoms with Crippen LogP contribution in [0.1, 0.15) is 23.2 Å². The van der Waals surface area contributed by atoms with Crippen LogP contribution in [0, 0.1) is 13.8 Å². The Hall–Kier alpha value is -1.12. The maximum absolute atomic E-state index is 6.08. The molecule has 0 aliphatic heterocycles. The number of nitrogens with two attached hydrogens (primary N) is 1. The lowest BCUT2D eigenvalue weighted by Gasteiger charge is -2.09. The second-order valence-electron chi connectivity index (χ2n) is 4.44. The van der Waals surface area contributed by atoms with Crippen molar-refractivity contribution in [3.8, 4) is 0 Å². The van der Waals surface area contributed by atoms with Crippen LogP contribution in [0.4, 0.5) is 0 Å². The van der Waals surface area contributed by atoms with E-state index in [1.165, 1.54) is 5.56 Å². The Balaban J connectivity index is 2.56. The number of fused-ring (bicyclic) bond motifs is 1. The van der Waals surface area contributed by atoms with Gasteiger partial charge in [0.05, 0.1) is 5.52 Å². The fraction of sp³-hybridized carbons (Fsp3) is 0.357. The maximum Gasteiger partial charge on any atom is 0.0738 e. The Kier molecular flexibility index (Phi) is 3.65. The molecule has 0 fully saturated rings. The van der Waals surface area contributed by atoms with E-state index in [9.17, 15) is 0 Å². The highest BCUT2D eigenvalue weighted by molar-refractivity contribution is 6.31. The van der Waals surface area contributed by atoms with Crippen molar-refractivity contribution in [3.63, 3.8) is 0 Å². The number of aryl methyl sites for hydroxylation is 3. The third-order valence-electron chi connectivity index (χ3n) is 2.97. The minimum absolute atomic E-state index is 0.707. The summed E-state index contributed by atoms with van der Waals surface area (Å²) < 4.78 is 0. The standard InChI is InChI=1S/C14H17ClN2/c1-9-7-12(4-3-5-16)17-14-10(2)6-11(15)8-13(9)14/h6-8H,3-5,16H2,1-2H3. The van der Waals surface area contributed by atoms with Crippen LogP contribution in [0.25, 0.3) is 10.9 Å². The predicted molar refractivity (Wildman–Crippen MR) is 73.6 cm³/mol. The average molecular weight is 249 g/mol. The van der Waals surface area contributed by atoms with E-state index in [0.717, 1.165) is 40.0 Å². The summed E-state index contributed by atoms with van der Waals surface area (Å²) in [6, 6.07) is 6.08. The molecule has 0 amide bonds. The van der Waals surface area contributed by atoms with Crippen molar-refractivity contribution in [3.05, 3.63) is 40.0 Å². The Bertz CT molecular complexity index is 549. The van der Waals surface area contributed by atoms with E-state index in [4.69, 9.17) is 22.3 Å². The quantitative estimate of drug-likeness (QED) is 0.904. The fourth-order valence-electron chi connectivity index (χ4n) is 2.10. The number of rotatable bonds is 3. The van der Waals surface area contributed by atoms with Crippen molar-refractivity contribution in [2.75, 3.05) is 6.54 Å². The first-order valence-electron chi connectivity index (χ1n) is 5.88. The molecule has 1 aromatic heterocycles. The normalized spacial score (nSPS) is 11.1. The van der Waals surface area contributed by atoms with Gasteiger partial charge in [0.25, 0.3) is 0 Å². The van der Waals surface area contributed by atoms with Crippen molar-refractivity contribution in [2.24, 2.45) is 5.73 Å². The summed E-state index contributed by atoms with van der Waals surface area (Å²) in [5.41, 5.74) is 10.1. The molecule has 0 saturated carbocycles. The number of benzene rings is 1. The Morgan fingerprint density at radius 2 is 1.94 bits per heavy atom. The average Bonchev–Trinajstić information content (AvgIpc) is 2.28. The fourth-order valence-corrected chi connectivity index (χ4v) is 2.37. The maximum atomic E-state index is 6.08. The number of aromatic nitrogens is 1. The SMILES string of the molecule is Cc1cc(CCCN)nc2c(C)cc(Cl)cc12. The molecule has 1 aromatic carbocycles. The van der Waals surface area contributed by atoms with Gasteiger partial charge in [-0.1, -0.05) is 11.6 Å². The lowest BCUT2D eigenvalue weighted by molar-refractivity contribution is 0.813. The van der Waals surface area contributed by atoms with E-state index in [0.29, 0.717) is 6.54 Å². The molecular weight excluding hydrogens is 232 g/mol. The molecular formula is C14H17ClN2. The van der Waals surface area contributed by atoms with Crippen molar-refractivity contribution in [2.45, 2.75) is 26.7 Å².